The molecule has 6 nitrogen and oxygen atoms in total. The average Bonchev–Trinajstić information content (AvgIpc) is 3.12. The van der Waals surface area contributed by atoms with Crippen molar-refractivity contribution in [2.24, 2.45) is 0 Å². The number of para-hydroxylation sites is 1. The third kappa shape index (κ3) is 4.08. The largest absolute Gasteiger partial charge is 0.399 e. The van der Waals surface area contributed by atoms with Crippen LogP contribution in [0, 0.1) is 6.92 Å². The van der Waals surface area contributed by atoms with Crippen molar-refractivity contribution in [2.75, 3.05) is 11.1 Å². The van der Waals surface area contributed by atoms with Crippen molar-refractivity contribution in [1.29, 1.82) is 0 Å². The van der Waals surface area contributed by atoms with Crippen LogP contribution in [-0.4, -0.2) is 16.0 Å². The van der Waals surface area contributed by atoms with E-state index in [1.807, 2.05) is 56.3 Å². The van der Waals surface area contributed by atoms with E-state index in [1.54, 1.807) is 0 Å². The van der Waals surface area contributed by atoms with Crippen LogP contribution in [0.3, 0.4) is 0 Å². The summed E-state index contributed by atoms with van der Waals surface area (Å²) in [6, 6.07) is 13.3. The van der Waals surface area contributed by atoms with Gasteiger partial charge in [0, 0.05) is 29.8 Å². The lowest BCUT2D eigenvalue weighted by atomic mass is 10.1. The third-order valence-corrected chi connectivity index (χ3v) is 4.22. The number of hydrogen-bond acceptors (Lipinski definition) is 5. The van der Waals surface area contributed by atoms with Gasteiger partial charge in [0.15, 0.2) is 5.82 Å². The van der Waals surface area contributed by atoms with Gasteiger partial charge in [0.05, 0.1) is 0 Å². The summed E-state index contributed by atoms with van der Waals surface area (Å²) in [5, 5.41) is 6.87. The van der Waals surface area contributed by atoms with Crippen molar-refractivity contribution in [3.8, 4) is 11.5 Å². The molecule has 0 radical (unpaired) electrons. The predicted molar refractivity (Wildman–Crippen MR) is 102 cm³/mol. The monoisotopic (exact) mass is 350 g/mol. The van der Waals surface area contributed by atoms with E-state index in [2.05, 4.69) is 15.5 Å². The molecule has 3 aromatic rings. The maximum atomic E-state index is 12.3. The lowest BCUT2D eigenvalue weighted by Crippen LogP contribution is -2.13. The van der Waals surface area contributed by atoms with Crippen LogP contribution in [0.15, 0.2) is 47.0 Å². The average molecular weight is 350 g/mol. The Hall–Kier alpha value is -3.15. The SMILES string of the molecule is CCc1noc(-c2ccc(C)c(NC(=O)CCc3ccccc3N)c2)n1. The molecule has 0 unspecified atom stereocenters. The summed E-state index contributed by atoms with van der Waals surface area (Å²) in [7, 11) is 0. The summed E-state index contributed by atoms with van der Waals surface area (Å²) >= 11 is 0. The van der Waals surface area contributed by atoms with Crippen LogP contribution in [0.5, 0.6) is 0 Å². The second-order valence-corrected chi connectivity index (χ2v) is 6.15. The zero-order valence-electron chi connectivity index (χ0n) is 15.0. The quantitative estimate of drug-likeness (QED) is 0.660. The van der Waals surface area contributed by atoms with Gasteiger partial charge in [-0.15, -0.1) is 0 Å². The van der Waals surface area contributed by atoms with Crippen molar-refractivity contribution in [3.63, 3.8) is 0 Å². The van der Waals surface area contributed by atoms with Crippen molar-refractivity contribution in [2.45, 2.75) is 33.1 Å². The molecular weight excluding hydrogens is 328 g/mol. The van der Waals surface area contributed by atoms with Gasteiger partial charge < -0.3 is 15.6 Å². The molecule has 3 N–H and O–H groups in total. The second kappa shape index (κ2) is 7.82. The van der Waals surface area contributed by atoms with E-state index >= 15 is 0 Å². The van der Waals surface area contributed by atoms with Crippen LogP contribution in [0.25, 0.3) is 11.5 Å². The second-order valence-electron chi connectivity index (χ2n) is 6.15. The van der Waals surface area contributed by atoms with Crippen LogP contribution in [0.2, 0.25) is 0 Å². The van der Waals surface area contributed by atoms with Gasteiger partial charge in [-0.05, 0) is 42.7 Å². The topological polar surface area (TPSA) is 94.0 Å². The summed E-state index contributed by atoms with van der Waals surface area (Å²) in [6.45, 7) is 3.91. The number of aromatic nitrogens is 2. The smallest absolute Gasteiger partial charge is 0.257 e. The van der Waals surface area contributed by atoms with Crippen LogP contribution in [-0.2, 0) is 17.6 Å². The Morgan fingerprint density at radius 3 is 2.77 bits per heavy atom. The van der Waals surface area contributed by atoms with Crippen LogP contribution in [0.4, 0.5) is 11.4 Å². The van der Waals surface area contributed by atoms with Gasteiger partial charge in [0.2, 0.25) is 5.91 Å². The molecule has 0 saturated carbocycles. The molecule has 0 bridgehead atoms. The first-order valence-corrected chi connectivity index (χ1v) is 8.63. The molecule has 0 atom stereocenters. The number of nitrogen functional groups attached to an aromatic ring is 1. The van der Waals surface area contributed by atoms with Crippen LogP contribution in [0.1, 0.15) is 30.3 Å². The third-order valence-electron chi connectivity index (χ3n) is 4.22. The van der Waals surface area contributed by atoms with Gasteiger partial charge in [-0.25, -0.2) is 0 Å². The maximum absolute atomic E-state index is 12.3. The zero-order chi connectivity index (χ0) is 18.5. The molecule has 0 aliphatic carbocycles. The number of anilines is 2. The molecule has 26 heavy (non-hydrogen) atoms. The molecule has 1 amide bonds. The van der Waals surface area contributed by atoms with Gasteiger partial charge in [-0.2, -0.15) is 4.98 Å². The number of amides is 1. The van der Waals surface area contributed by atoms with Crippen LogP contribution < -0.4 is 11.1 Å². The highest BCUT2D eigenvalue weighted by Gasteiger charge is 2.12. The zero-order valence-corrected chi connectivity index (χ0v) is 15.0. The molecule has 6 heteroatoms. The number of nitrogens with two attached hydrogens (primary N) is 1. The summed E-state index contributed by atoms with van der Waals surface area (Å²) in [5.74, 6) is 1.05. The molecule has 0 fully saturated rings. The first kappa shape index (κ1) is 17.7. The fourth-order valence-corrected chi connectivity index (χ4v) is 2.63. The summed E-state index contributed by atoms with van der Waals surface area (Å²) in [4.78, 5) is 16.7. The normalized spacial score (nSPS) is 10.7. The minimum absolute atomic E-state index is 0.0618. The molecule has 134 valence electrons. The minimum atomic E-state index is -0.0618. The molecule has 0 saturated heterocycles. The van der Waals surface area contributed by atoms with Gasteiger partial charge in [-0.3, -0.25) is 4.79 Å². The van der Waals surface area contributed by atoms with Gasteiger partial charge in [-0.1, -0.05) is 36.3 Å². The first-order valence-electron chi connectivity index (χ1n) is 8.63. The number of carbonyl (C=O) groups excluding carboxylic acids is 1. The highest BCUT2D eigenvalue weighted by molar-refractivity contribution is 5.92. The van der Waals surface area contributed by atoms with E-state index < -0.39 is 0 Å². The van der Waals surface area contributed by atoms with E-state index in [0.29, 0.717) is 36.7 Å². The number of nitrogens with one attached hydrogen (secondary N) is 1. The Morgan fingerprint density at radius 1 is 1.23 bits per heavy atom. The summed E-state index contributed by atoms with van der Waals surface area (Å²) < 4.78 is 5.27. The van der Waals surface area contributed by atoms with Crippen molar-refractivity contribution in [3.05, 3.63) is 59.4 Å². The van der Waals surface area contributed by atoms with Crippen molar-refractivity contribution in [1.82, 2.24) is 10.1 Å². The number of aryl methyl sites for hydroxylation is 3. The van der Waals surface area contributed by atoms with E-state index in [1.165, 1.54) is 0 Å². The van der Waals surface area contributed by atoms with E-state index in [0.717, 1.165) is 22.4 Å². The number of carbonyl (C=O) groups is 1. The number of rotatable bonds is 6. The molecule has 3 rings (SSSR count). The fourth-order valence-electron chi connectivity index (χ4n) is 2.63. The standard InChI is InChI=1S/C20H22N4O2/c1-3-18-23-20(26-24-18)15-9-8-13(2)17(12-15)22-19(25)11-10-14-6-4-5-7-16(14)21/h4-9,12H,3,10-11,21H2,1-2H3,(H,22,25). The lowest BCUT2D eigenvalue weighted by molar-refractivity contribution is -0.116. The number of hydrogen-bond donors (Lipinski definition) is 2. The molecule has 1 heterocycles. The number of nitrogens with zero attached hydrogens (tertiary/aromatic N) is 2. The van der Waals surface area contributed by atoms with E-state index in [9.17, 15) is 4.79 Å². The molecular formula is C20H22N4O2. The molecule has 0 spiro atoms. The number of benzene rings is 2. The maximum Gasteiger partial charge on any atom is 0.257 e. The predicted octanol–water partition coefficient (Wildman–Crippen LogP) is 3.76. The Morgan fingerprint density at radius 2 is 2.04 bits per heavy atom. The van der Waals surface area contributed by atoms with Gasteiger partial charge >= 0.3 is 0 Å². The highest BCUT2D eigenvalue weighted by atomic mass is 16.5. The van der Waals surface area contributed by atoms with Gasteiger partial charge in [0.25, 0.3) is 5.89 Å². The highest BCUT2D eigenvalue weighted by Crippen LogP contribution is 2.25. The van der Waals surface area contributed by atoms with Crippen molar-refractivity contribution >= 4 is 17.3 Å². The van der Waals surface area contributed by atoms with E-state index in [4.69, 9.17) is 10.3 Å². The Bertz CT molecular complexity index is 918. The molecule has 0 aliphatic rings. The Labute approximate surface area is 152 Å². The minimum Gasteiger partial charge on any atom is -0.399 e. The Kier molecular flexibility index (Phi) is 5.31. The van der Waals surface area contributed by atoms with Crippen molar-refractivity contribution < 1.29 is 9.32 Å². The summed E-state index contributed by atoms with van der Waals surface area (Å²) in [6.07, 6.45) is 1.67. The lowest BCUT2D eigenvalue weighted by Gasteiger charge is -2.10. The molecule has 2 aromatic carbocycles. The van der Waals surface area contributed by atoms with Crippen LogP contribution >= 0.6 is 0 Å². The fraction of sp³-hybridized carbons (Fsp3) is 0.250. The molecule has 0 aliphatic heterocycles. The first-order chi connectivity index (χ1) is 12.6. The molecule has 1 aromatic heterocycles. The van der Waals surface area contributed by atoms with Gasteiger partial charge in [0.1, 0.15) is 0 Å². The van der Waals surface area contributed by atoms with E-state index in [-0.39, 0.29) is 5.91 Å². The Balaban J connectivity index is 1.69. The summed E-state index contributed by atoms with van der Waals surface area (Å²) in [5.41, 5.74) is 10.1.